The van der Waals surface area contributed by atoms with Gasteiger partial charge in [0.15, 0.2) is 0 Å². The van der Waals surface area contributed by atoms with E-state index in [9.17, 15) is 0 Å². The maximum Gasteiger partial charge on any atom is 0.133 e. The van der Waals surface area contributed by atoms with E-state index in [4.69, 9.17) is 5.10 Å². The molecule has 0 radical (unpaired) electrons. The molecule has 3 heterocycles. The van der Waals surface area contributed by atoms with E-state index < -0.39 is 0 Å². The summed E-state index contributed by atoms with van der Waals surface area (Å²) in [6.45, 7) is 5.49. The van der Waals surface area contributed by atoms with Crippen molar-refractivity contribution in [3.8, 4) is 5.69 Å². The molecule has 1 aliphatic rings. The Balaban J connectivity index is 1.81. The number of anilines is 1. The van der Waals surface area contributed by atoms with Gasteiger partial charge in [0.2, 0.25) is 0 Å². The minimum Gasteiger partial charge on any atom is -0.369 e. The van der Waals surface area contributed by atoms with Crippen LogP contribution in [-0.2, 0) is 12.8 Å². The fourth-order valence-electron chi connectivity index (χ4n) is 3.31. The first kappa shape index (κ1) is 14.5. The van der Waals surface area contributed by atoms with Crippen molar-refractivity contribution in [1.29, 1.82) is 0 Å². The van der Waals surface area contributed by atoms with Crippen LogP contribution in [-0.4, -0.2) is 16.3 Å². The normalized spacial score (nSPS) is 13.3. The van der Waals surface area contributed by atoms with Crippen molar-refractivity contribution in [1.82, 2.24) is 9.78 Å². The van der Waals surface area contributed by atoms with Gasteiger partial charge in [-0.1, -0.05) is 38.1 Å². The van der Waals surface area contributed by atoms with E-state index in [-0.39, 0.29) is 0 Å². The summed E-state index contributed by atoms with van der Waals surface area (Å²) in [5.74, 6) is 1.66. The van der Waals surface area contributed by atoms with Crippen LogP contribution in [0, 0.1) is 0 Å². The quantitative estimate of drug-likeness (QED) is 0.759. The molecule has 118 valence electrons. The molecule has 0 fully saturated rings. The predicted octanol–water partition coefficient (Wildman–Crippen LogP) is 4.62. The molecule has 0 atom stereocenters. The molecular weight excluding hydrogens is 302 g/mol. The fraction of sp³-hybridized carbons (Fsp3) is 0.316. The van der Waals surface area contributed by atoms with Gasteiger partial charge < -0.3 is 5.32 Å². The first-order valence-corrected chi connectivity index (χ1v) is 9.08. The van der Waals surface area contributed by atoms with Crippen LogP contribution in [0.15, 0.2) is 41.8 Å². The van der Waals surface area contributed by atoms with E-state index in [0.29, 0.717) is 5.92 Å². The maximum absolute atomic E-state index is 4.98. The lowest BCUT2D eigenvalue weighted by atomic mass is 10.0. The number of hydrogen-bond donors (Lipinski definition) is 1. The number of para-hydroxylation sites is 1. The summed E-state index contributed by atoms with van der Waals surface area (Å²) in [5.41, 5.74) is 5.14. The van der Waals surface area contributed by atoms with Gasteiger partial charge in [0.25, 0.3) is 0 Å². The number of rotatable bonds is 4. The van der Waals surface area contributed by atoms with Gasteiger partial charge in [-0.25, -0.2) is 4.68 Å². The smallest absolute Gasteiger partial charge is 0.133 e. The van der Waals surface area contributed by atoms with Gasteiger partial charge >= 0.3 is 0 Å². The third kappa shape index (κ3) is 2.57. The number of nitrogens with one attached hydrogen (secondary N) is 1. The first-order chi connectivity index (χ1) is 11.2. The highest BCUT2D eigenvalue weighted by molar-refractivity contribution is 7.09. The minimum absolute atomic E-state index is 0.480. The van der Waals surface area contributed by atoms with Crippen LogP contribution in [0.1, 0.15) is 41.5 Å². The Labute approximate surface area is 141 Å². The molecule has 23 heavy (non-hydrogen) atoms. The Morgan fingerprint density at radius 2 is 2.09 bits per heavy atom. The molecule has 1 N–H and O–H groups in total. The molecule has 0 bridgehead atoms. The summed E-state index contributed by atoms with van der Waals surface area (Å²) in [7, 11) is 0. The molecule has 0 saturated heterocycles. The zero-order valence-electron chi connectivity index (χ0n) is 13.5. The van der Waals surface area contributed by atoms with Crippen LogP contribution in [0.4, 0.5) is 5.82 Å². The summed E-state index contributed by atoms with van der Waals surface area (Å²) >= 11 is 1.81. The fourth-order valence-corrected chi connectivity index (χ4v) is 4.02. The topological polar surface area (TPSA) is 29.9 Å². The van der Waals surface area contributed by atoms with Crippen molar-refractivity contribution in [3.05, 3.63) is 63.5 Å². The highest BCUT2D eigenvalue weighted by atomic mass is 32.1. The molecule has 0 amide bonds. The number of fused-ring (bicyclic) bond motifs is 1. The second kappa shape index (κ2) is 5.85. The van der Waals surface area contributed by atoms with Gasteiger partial charge in [-0.3, -0.25) is 0 Å². The van der Waals surface area contributed by atoms with Gasteiger partial charge in [0.1, 0.15) is 5.82 Å². The van der Waals surface area contributed by atoms with Crippen molar-refractivity contribution in [3.63, 3.8) is 0 Å². The molecule has 0 aliphatic carbocycles. The van der Waals surface area contributed by atoms with Crippen LogP contribution in [0.25, 0.3) is 5.69 Å². The van der Waals surface area contributed by atoms with E-state index in [1.807, 2.05) is 0 Å². The average molecular weight is 323 g/mol. The lowest BCUT2D eigenvalue weighted by Crippen LogP contribution is -2.08. The summed E-state index contributed by atoms with van der Waals surface area (Å²) in [6.07, 6.45) is 2.00. The number of hydrogen-bond acceptors (Lipinski definition) is 3. The van der Waals surface area contributed by atoms with E-state index >= 15 is 0 Å². The number of benzene rings is 1. The van der Waals surface area contributed by atoms with Gasteiger partial charge in [0, 0.05) is 23.4 Å². The Morgan fingerprint density at radius 3 is 2.87 bits per heavy atom. The van der Waals surface area contributed by atoms with Crippen LogP contribution >= 0.6 is 11.3 Å². The summed E-state index contributed by atoms with van der Waals surface area (Å²) in [6, 6.07) is 12.9. The Hall–Kier alpha value is -2.07. The van der Waals surface area contributed by atoms with E-state index in [2.05, 4.69) is 65.6 Å². The largest absolute Gasteiger partial charge is 0.369 e. The molecule has 4 heteroatoms. The Kier molecular flexibility index (Phi) is 3.69. The van der Waals surface area contributed by atoms with Gasteiger partial charge in [-0.15, -0.1) is 11.3 Å². The van der Waals surface area contributed by atoms with E-state index in [1.165, 1.54) is 33.2 Å². The number of nitrogens with zero attached hydrogens (tertiary/aromatic N) is 2. The molecule has 4 rings (SSSR count). The first-order valence-electron chi connectivity index (χ1n) is 8.20. The molecule has 1 aromatic carbocycles. The SMILES string of the molecule is CC(C)c1ccccc1-n1nc(Cc2cccs2)c2c1NCC2. The predicted molar refractivity (Wildman–Crippen MR) is 97.0 cm³/mol. The monoisotopic (exact) mass is 323 g/mol. The zero-order valence-corrected chi connectivity index (χ0v) is 14.4. The molecular formula is C19H21N3S. The maximum atomic E-state index is 4.98. The number of aromatic nitrogens is 2. The van der Waals surface area contributed by atoms with Crippen molar-refractivity contribution >= 4 is 17.2 Å². The third-order valence-corrected chi connectivity index (χ3v) is 5.32. The van der Waals surface area contributed by atoms with Crippen molar-refractivity contribution < 1.29 is 0 Å². The number of thiophene rings is 1. The summed E-state index contributed by atoms with van der Waals surface area (Å²) in [4.78, 5) is 1.38. The zero-order chi connectivity index (χ0) is 15.8. The highest BCUT2D eigenvalue weighted by Gasteiger charge is 2.24. The summed E-state index contributed by atoms with van der Waals surface area (Å²) in [5, 5.41) is 10.7. The van der Waals surface area contributed by atoms with E-state index in [1.54, 1.807) is 11.3 Å². The van der Waals surface area contributed by atoms with Gasteiger partial charge in [-0.2, -0.15) is 5.10 Å². The van der Waals surface area contributed by atoms with Crippen molar-refractivity contribution in [2.24, 2.45) is 0 Å². The Bertz CT molecular complexity index is 815. The van der Waals surface area contributed by atoms with Crippen molar-refractivity contribution in [2.75, 3.05) is 11.9 Å². The second-order valence-corrected chi connectivity index (χ2v) is 7.36. The van der Waals surface area contributed by atoms with Crippen LogP contribution in [0.2, 0.25) is 0 Å². The second-order valence-electron chi connectivity index (χ2n) is 6.33. The third-order valence-electron chi connectivity index (χ3n) is 4.44. The molecule has 3 nitrogen and oxygen atoms in total. The standard InChI is InChI=1S/C19H21N3S/c1-13(2)15-7-3-4-8-18(15)22-19-16(9-10-20-19)17(21-22)12-14-6-5-11-23-14/h3-8,11,13,20H,9-10,12H2,1-2H3. The molecule has 0 spiro atoms. The molecule has 0 unspecified atom stereocenters. The van der Waals surface area contributed by atoms with Crippen LogP contribution in [0.3, 0.4) is 0 Å². The summed E-state index contributed by atoms with van der Waals surface area (Å²) < 4.78 is 2.13. The lowest BCUT2D eigenvalue weighted by molar-refractivity contribution is 0.796. The average Bonchev–Trinajstić information content (AvgIpc) is 3.26. The van der Waals surface area contributed by atoms with E-state index in [0.717, 1.165) is 19.4 Å². The molecule has 1 aliphatic heterocycles. The Morgan fingerprint density at radius 1 is 1.22 bits per heavy atom. The van der Waals surface area contributed by atoms with Gasteiger partial charge in [-0.05, 0) is 35.4 Å². The highest BCUT2D eigenvalue weighted by Crippen LogP contribution is 2.33. The minimum atomic E-state index is 0.480. The molecule has 0 saturated carbocycles. The van der Waals surface area contributed by atoms with Crippen molar-refractivity contribution in [2.45, 2.75) is 32.6 Å². The van der Waals surface area contributed by atoms with Crippen LogP contribution in [0.5, 0.6) is 0 Å². The molecule has 3 aromatic rings. The lowest BCUT2D eigenvalue weighted by Gasteiger charge is -2.14. The van der Waals surface area contributed by atoms with Crippen LogP contribution < -0.4 is 5.32 Å². The van der Waals surface area contributed by atoms with Gasteiger partial charge in [0.05, 0.1) is 11.4 Å². The molecule has 2 aromatic heterocycles.